The van der Waals surface area contributed by atoms with Gasteiger partial charge in [0, 0.05) is 8.95 Å². The fourth-order valence-electron chi connectivity index (χ4n) is 2.65. The maximum atomic E-state index is 12.3. The lowest BCUT2D eigenvalue weighted by Crippen LogP contribution is -2.41. The molecule has 0 fully saturated rings. The molecule has 3 N–H and O–H groups in total. The Balaban J connectivity index is 1.60. The largest absolute Gasteiger partial charge is 0.460 e. The van der Waals surface area contributed by atoms with Gasteiger partial charge in [-0.3, -0.25) is 9.59 Å². The second kappa shape index (κ2) is 10.9. The predicted molar refractivity (Wildman–Crippen MR) is 124 cm³/mol. The van der Waals surface area contributed by atoms with E-state index >= 15 is 0 Å². The van der Waals surface area contributed by atoms with Gasteiger partial charge in [-0.2, -0.15) is 4.57 Å². The van der Waals surface area contributed by atoms with Crippen LogP contribution in [0.15, 0.2) is 75.8 Å². The van der Waals surface area contributed by atoms with Gasteiger partial charge >= 0.3 is 11.8 Å². The number of aromatic hydroxyl groups is 1. The van der Waals surface area contributed by atoms with Crippen LogP contribution in [0.5, 0.6) is 5.88 Å². The smallest absolute Gasteiger partial charge is 0.365 e. The molecular formula is C22H18Br2N3O5+. The normalized spacial score (nSPS) is 10.3. The number of rotatable bonds is 7. The first kappa shape index (κ1) is 23.4. The highest BCUT2D eigenvalue weighted by Gasteiger charge is 2.20. The molecule has 0 unspecified atom stereocenters. The number of carbonyl (C=O) groups is 3. The summed E-state index contributed by atoms with van der Waals surface area (Å²) < 4.78 is 7.65. The van der Waals surface area contributed by atoms with Crippen molar-refractivity contribution in [2.75, 3.05) is 17.2 Å². The van der Waals surface area contributed by atoms with Gasteiger partial charge in [0.15, 0.2) is 12.8 Å². The third kappa shape index (κ3) is 6.38. The van der Waals surface area contributed by atoms with Gasteiger partial charge in [-0.25, -0.2) is 4.79 Å². The van der Waals surface area contributed by atoms with Gasteiger partial charge in [0.1, 0.15) is 5.56 Å². The minimum Gasteiger partial charge on any atom is -0.460 e. The van der Waals surface area contributed by atoms with Gasteiger partial charge in [0.25, 0.3) is 11.8 Å². The number of hydrogen-bond acceptors (Lipinski definition) is 5. The Kier molecular flexibility index (Phi) is 7.96. The van der Waals surface area contributed by atoms with Crippen molar-refractivity contribution in [1.29, 1.82) is 0 Å². The van der Waals surface area contributed by atoms with Crippen molar-refractivity contribution in [3.63, 3.8) is 0 Å². The van der Waals surface area contributed by atoms with Crippen LogP contribution in [0.4, 0.5) is 11.4 Å². The molecule has 32 heavy (non-hydrogen) atoms. The van der Waals surface area contributed by atoms with E-state index in [1.54, 1.807) is 42.5 Å². The van der Waals surface area contributed by atoms with Crippen LogP contribution >= 0.6 is 31.9 Å². The van der Waals surface area contributed by atoms with E-state index in [1.807, 2.05) is 6.07 Å². The Morgan fingerprint density at radius 3 is 2.00 bits per heavy atom. The molecule has 2 aromatic carbocycles. The minimum absolute atomic E-state index is 0.0742. The Labute approximate surface area is 200 Å². The van der Waals surface area contributed by atoms with E-state index in [9.17, 15) is 19.5 Å². The van der Waals surface area contributed by atoms with Crippen molar-refractivity contribution < 1.29 is 28.8 Å². The average Bonchev–Trinajstić information content (AvgIpc) is 2.77. The minimum atomic E-state index is -0.771. The molecule has 3 aromatic rings. The van der Waals surface area contributed by atoms with Gasteiger partial charge < -0.3 is 20.5 Å². The first-order valence-electron chi connectivity index (χ1n) is 9.32. The van der Waals surface area contributed by atoms with Crippen molar-refractivity contribution >= 4 is 61.0 Å². The molecule has 8 nitrogen and oxygen atoms in total. The zero-order chi connectivity index (χ0) is 23.1. The molecule has 0 bridgehead atoms. The van der Waals surface area contributed by atoms with Crippen LogP contribution in [0.3, 0.4) is 0 Å². The Morgan fingerprint density at radius 2 is 1.41 bits per heavy atom. The van der Waals surface area contributed by atoms with Gasteiger partial charge in [0.2, 0.25) is 6.54 Å². The molecule has 0 atom stereocenters. The number of para-hydroxylation sites is 2. The molecule has 0 saturated heterocycles. The SMILES string of the molecule is O=C(COC(=O)c1ccc(O)[n+](CC(=O)Nc2ccccc2Br)c1)Nc1ccccc1Br. The van der Waals surface area contributed by atoms with E-state index in [0.717, 1.165) is 0 Å². The summed E-state index contributed by atoms with van der Waals surface area (Å²) in [5.74, 6) is -1.90. The molecule has 1 aromatic heterocycles. The lowest BCUT2D eigenvalue weighted by atomic mass is 10.2. The summed E-state index contributed by atoms with van der Waals surface area (Å²) in [6, 6.07) is 16.7. The first-order chi connectivity index (χ1) is 15.3. The molecule has 0 aliphatic rings. The number of pyridine rings is 1. The molecule has 164 valence electrons. The van der Waals surface area contributed by atoms with E-state index in [2.05, 4.69) is 42.5 Å². The third-order valence-electron chi connectivity index (χ3n) is 4.18. The van der Waals surface area contributed by atoms with Crippen molar-refractivity contribution in [1.82, 2.24) is 0 Å². The Bertz CT molecular complexity index is 1170. The van der Waals surface area contributed by atoms with Crippen LogP contribution in [0.25, 0.3) is 0 Å². The van der Waals surface area contributed by atoms with Crippen LogP contribution in [0.2, 0.25) is 0 Å². The monoisotopic (exact) mass is 562 g/mol. The number of halogens is 2. The molecule has 3 rings (SSSR count). The number of hydrogen-bond donors (Lipinski definition) is 3. The fraction of sp³-hybridized carbons (Fsp3) is 0.0909. The van der Waals surface area contributed by atoms with E-state index in [-0.39, 0.29) is 18.0 Å². The van der Waals surface area contributed by atoms with E-state index in [4.69, 9.17) is 4.74 Å². The number of anilines is 2. The van der Waals surface area contributed by atoms with Gasteiger partial charge in [-0.15, -0.1) is 0 Å². The Hall–Kier alpha value is -3.24. The second-order valence-electron chi connectivity index (χ2n) is 6.54. The summed E-state index contributed by atoms with van der Waals surface area (Å²) >= 11 is 6.66. The molecule has 0 spiro atoms. The van der Waals surface area contributed by atoms with Crippen molar-refractivity contribution in [2.24, 2.45) is 0 Å². The van der Waals surface area contributed by atoms with Gasteiger partial charge in [-0.05, 0) is 62.2 Å². The zero-order valence-electron chi connectivity index (χ0n) is 16.5. The number of amides is 2. The number of esters is 1. The first-order valence-corrected chi connectivity index (χ1v) is 10.9. The highest BCUT2D eigenvalue weighted by Crippen LogP contribution is 2.22. The number of nitrogens with zero attached hydrogens (tertiary/aromatic N) is 1. The maximum Gasteiger partial charge on any atom is 0.365 e. The van der Waals surface area contributed by atoms with Crippen molar-refractivity contribution in [3.05, 3.63) is 81.4 Å². The lowest BCUT2D eigenvalue weighted by molar-refractivity contribution is -0.690. The molecule has 0 aliphatic heterocycles. The quantitative estimate of drug-likeness (QED) is 0.300. The molecule has 2 amide bonds. The Morgan fingerprint density at radius 1 is 0.844 bits per heavy atom. The van der Waals surface area contributed by atoms with Crippen molar-refractivity contribution in [2.45, 2.75) is 6.54 Å². The number of ether oxygens (including phenoxy) is 1. The summed E-state index contributed by atoms with van der Waals surface area (Å²) in [7, 11) is 0. The van der Waals surface area contributed by atoms with Crippen LogP contribution in [0.1, 0.15) is 10.4 Å². The van der Waals surface area contributed by atoms with Crippen LogP contribution in [0, 0.1) is 0 Å². The van der Waals surface area contributed by atoms with E-state index in [1.165, 1.54) is 22.9 Å². The predicted octanol–water partition coefficient (Wildman–Crippen LogP) is 3.64. The second-order valence-corrected chi connectivity index (χ2v) is 8.24. The van der Waals surface area contributed by atoms with E-state index < -0.39 is 24.4 Å². The van der Waals surface area contributed by atoms with Gasteiger partial charge in [-0.1, -0.05) is 24.3 Å². The lowest BCUT2D eigenvalue weighted by Gasteiger charge is -2.08. The summed E-state index contributed by atoms with van der Waals surface area (Å²) in [5, 5.41) is 15.4. The summed E-state index contributed by atoms with van der Waals surface area (Å²) in [5.41, 5.74) is 1.20. The van der Waals surface area contributed by atoms with Crippen LogP contribution in [-0.4, -0.2) is 29.5 Å². The fourth-order valence-corrected chi connectivity index (χ4v) is 3.42. The maximum absolute atomic E-state index is 12.3. The summed E-state index contributed by atoms with van der Waals surface area (Å²) in [6.45, 7) is -0.736. The van der Waals surface area contributed by atoms with Gasteiger partial charge in [0.05, 0.1) is 17.4 Å². The van der Waals surface area contributed by atoms with Crippen molar-refractivity contribution in [3.8, 4) is 5.88 Å². The van der Waals surface area contributed by atoms with Crippen LogP contribution in [-0.2, 0) is 20.9 Å². The molecule has 0 radical (unpaired) electrons. The highest BCUT2D eigenvalue weighted by molar-refractivity contribution is 9.11. The summed E-state index contributed by atoms with van der Waals surface area (Å²) in [4.78, 5) is 36.7. The average molecular weight is 564 g/mol. The number of aromatic nitrogens is 1. The highest BCUT2D eigenvalue weighted by atomic mass is 79.9. The zero-order valence-corrected chi connectivity index (χ0v) is 19.7. The van der Waals surface area contributed by atoms with Crippen LogP contribution < -0.4 is 15.2 Å². The van der Waals surface area contributed by atoms with E-state index in [0.29, 0.717) is 20.3 Å². The summed E-state index contributed by atoms with van der Waals surface area (Å²) in [6.07, 6.45) is 1.28. The topological polar surface area (TPSA) is 109 Å². The molecule has 0 aliphatic carbocycles. The molecule has 0 saturated carbocycles. The molecule has 10 heteroatoms. The number of nitrogens with one attached hydrogen (secondary N) is 2. The third-order valence-corrected chi connectivity index (χ3v) is 5.56. The number of benzene rings is 2. The standard InChI is InChI=1S/C22H17Br2N3O5/c23-15-5-1-3-7-17(15)25-19(28)12-27-11-14(9-10-21(27)30)22(31)32-13-20(29)26-18-8-4-2-6-16(18)24/h1-11H,12-13H2,(H2,25,26,28,29)/p+1. The number of carbonyl (C=O) groups excluding carboxylic acids is 3. The molecular weight excluding hydrogens is 546 g/mol. The molecule has 1 heterocycles.